The van der Waals surface area contributed by atoms with E-state index in [0.29, 0.717) is 5.95 Å². The zero-order valence-corrected chi connectivity index (χ0v) is 18.6. The van der Waals surface area contributed by atoms with Gasteiger partial charge >= 0.3 is 0 Å². The zero-order valence-electron chi connectivity index (χ0n) is 17.8. The first-order valence-electron chi connectivity index (χ1n) is 9.87. The number of hydrogen-bond donors (Lipinski definition) is 2. The molecule has 0 aliphatic rings. The van der Waals surface area contributed by atoms with E-state index in [1.165, 1.54) is 17.6 Å². The number of aryl methyl sites for hydroxylation is 3. The Bertz CT molecular complexity index is 1180. The van der Waals surface area contributed by atoms with E-state index < -0.39 is 0 Å². The molecule has 0 saturated heterocycles. The van der Waals surface area contributed by atoms with Gasteiger partial charge in [0, 0.05) is 28.0 Å². The molecule has 4 rings (SSSR count). The van der Waals surface area contributed by atoms with Gasteiger partial charge in [0.25, 0.3) is 5.91 Å². The van der Waals surface area contributed by atoms with Gasteiger partial charge in [-0.3, -0.25) is 9.78 Å². The summed E-state index contributed by atoms with van der Waals surface area (Å²) >= 11 is 1.52. The predicted molar refractivity (Wildman–Crippen MR) is 122 cm³/mol. The van der Waals surface area contributed by atoms with E-state index >= 15 is 0 Å². The van der Waals surface area contributed by atoms with E-state index in [1.807, 2.05) is 52.0 Å². The molecule has 1 atom stereocenters. The van der Waals surface area contributed by atoms with Gasteiger partial charge < -0.3 is 15.1 Å². The van der Waals surface area contributed by atoms with Crippen molar-refractivity contribution in [1.29, 1.82) is 0 Å². The van der Waals surface area contributed by atoms with E-state index in [4.69, 9.17) is 4.42 Å². The summed E-state index contributed by atoms with van der Waals surface area (Å²) in [5.74, 6) is 0.476. The molecule has 1 amide bonds. The highest BCUT2D eigenvalue weighted by molar-refractivity contribution is 7.16. The third-order valence-electron chi connectivity index (χ3n) is 4.93. The molecular weight excluding hydrogens is 410 g/mol. The molecule has 0 fully saturated rings. The summed E-state index contributed by atoms with van der Waals surface area (Å²) in [6.07, 6.45) is 3.23. The fourth-order valence-corrected chi connectivity index (χ4v) is 4.51. The van der Waals surface area contributed by atoms with Crippen LogP contribution in [-0.2, 0) is 0 Å². The fraction of sp³-hybridized carbons (Fsp3) is 0.217. The number of nitrogens with one attached hydrogen (secondary N) is 2. The van der Waals surface area contributed by atoms with Gasteiger partial charge in [0.15, 0.2) is 5.76 Å². The number of rotatable bonds is 6. The summed E-state index contributed by atoms with van der Waals surface area (Å²) in [7, 11) is 0. The van der Waals surface area contributed by atoms with Crippen LogP contribution in [0.1, 0.15) is 49.7 Å². The molecule has 7 nitrogen and oxygen atoms in total. The van der Waals surface area contributed by atoms with Crippen molar-refractivity contribution in [3.63, 3.8) is 0 Å². The second-order valence-corrected chi connectivity index (χ2v) is 8.49. The number of aromatic nitrogens is 3. The second-order valence-electron chi connectivity index (χ2n) is 7.26. The third kappa shape index (κ3) is 4.49. The highest BCUT2D eigenvalue weighted by atomic mass is 32.1. The number of pyridine rings is 1. The highest BCUT2D eigenvalue weighted by Crippen LogP contribution is 2.40. The first-order chi connectivity index (χ1) is 14.9. The molecule has 0 saturated carbocycles. The van der Waals surface area contributed by atoms with Crippen LogP contribution in [0.2, 0.25) is 0 Å². The fourth-order valence-electron chi connectivity index (χ4n) is 3.42. The summed E-state index contributed by atoms with van der Waals surface area (Å²) in [6, 6.07) is 10.7. The van der Waals surface area contributed by atoms with E-state index in [-0.39, 0.29) is 17.7 Å². The molecule has 4 aromatic heterocycles. The van der Waals surface area contributed by atoms with Crippen LogP contribution in [0, 0.1) is 27.7 Å². The maximum Gasteiger partial charge on any atom is 0.291 e. The lowest BCUT2D eigenvalue weighted by molar-refractivity contribution is 0.0997. The molecule has 0 bridgehead atoms. The van der Waals surface area contributed by atoms with Crippen LogP contribution in [-0.4, -0.2) is 20.9 Å². The molecule has 0 aliphatic carbocycles. The summed E-state index contributed by atoms with van der Waals surface area (Å²) in [6.45, 7) is 7.95. The number of furan rings is 1. The van der Waals surface area contributed by atoms with Crippen molar-refractivity contribution in [3.8, 4) is 0 Å². The van der Waals surface area contributed by atoms with Gasteiger partial charge in [0.1, 0.15) is 5.00 Å². The smallest absolute Gasteiger partial charge is 0.291 e. The minimum absolute atomic E-state index is 0.259. The number of carbonyl (C=O) groups is 1. The van der Waals surface area contributed by atoms with Crippen LogP contribution in [0.25, 0.3) is 0 Å². The molecular formula is C23H23N5O2S. The summed E-state index contributed by atoms with van der Waals surface area (Å²) in [5, 5.41) is 7.19. The van der Waals surface area contributed by atoms with E-state index in [2.05, 4.69) is 25.6 Å². The molecule has 0 radical (unpaired) electrons. The zero-order chi connectivity index (χ0) is 22.0. The van der Waals surface area contributed by atoms with E-state index in [1.54, 1.807) is 18.3 Å². The Morgan fingerprint density at radius 1 is 1.06 bits per heavy atom. The number of amides is 1. The standard InChI is InChI=1S/C23H23N5O2S/c1-13-12-14(2)26-23(25-13)27-20(17-8-5-6-10-24-17)19-15(3)16(4)31-22(19)28-21(29)18-9-7-11-30-18/h5-12,20H,1-4H3,(H,28,29)(H,25,26,27)/t20-/m1/s1. The molecule has 4 aromatic rings. The van der Waals surface area contributed by atoms with Crippen molar-refractivity contribution in [2.45, 2.75) is 33.7 Å². The largest absolute Gasteiger partial charge is 0.459 e. The first kappa shape index (κ1) is 20.7. The normalized spacial score (nSPS) is 11.9. The second kappa shape index (κ2) is 8.69. The van der Waals surface area contributed by atoms with Crippen molar-refractivity contribution in [1.82, 2.24) is 15.0 Å². The van der Waals surface area contributed by atoms with Gasteiger partial charge in [0.05, 0.1) is 18.0 Å². The Kier molecular flexibility index (Phi) is 5.81. The average molecular weight is 434 g/mol. The number of thiophene rings is 1. The molecule has 31 heavy (non-hydrogen) atoms. The number of carbonyl (C=O) groups excluding carboxylic acids is 1. The van der Waals surface area contributed by atoms with Gasteiger partial charge in [-0.2, -0.15) is 0 Å². The minimum Gasteiger partial charge on any atom is -0.459 e. The Morgan fingerprint density at radius 3 is 2.48 bits per heavy atom. The van der Waals surface area contributed by atoms with Crippen LogP contribution < -0.4 is 10.6 Å². The Morgan fingerprint density at radius 2 is 1.84 bits per heavy atom. The minimum atomic E-state index is -0.348. The molecule has 8 heteroatoms. The van der Waals surface area contributed by atoms with Gasteiger partial charge in [-0.05, 0) is 63.6 Å². The van der Waals surface area contributed by atoms with Gasteiger partial charge in [-0.1, -0.05) is 6.07 Å². The lowest BCUT2D eigenvalue weighted by Crippen LogP contribution is -2.19. The lowest BCUT2D eigenvalue weighted by Gasteiger charge is -2.21. The lowest BCUT2D eigenvalue weighted by atomic mass is 10.00. The third-order valence-corrected chi connectivity index (χ3v) is 6.07. The van der Waals surface area contributed by atoms with Crippen molar-refractivity contribution < 1.29 is 9.21 Å². The van der Waals surface area contributed by atoms with Crippen molar-refractivity contribution in [2.24, 2.45) is 0 Å². The van der Waals surface area contributed by atoms with E-state index in [0.717, 1.165) is 38.1 Å². The van der Waals surface area contributed by atoms with Gasteiger partial charge in [0.2, 0.25) is 5.95 Å². The topological polar surface area (TPSA) is 92.9 Å². The predicted octanol–water partition coefficient (Wildman–Crippen LogP) is 5.21. The summed E-state index contributed by atoms with van der Waals surface area (Å²) in [5.41, 5.74) is 4.56. The van der Waals surface area contributed by atoms with Crippen LogP contribution in [0.15, 0.2) is 53.3 Å². The Labute approximate surface area is 184 Å². The van der Waals surface area contributed by atoms with Crippen molar-refractivity contribution in [3.05, 3.63) is 87.7 Å². The molecule has 158 valence electrons. The monoisotopic (exact) mass is 433 g/mol. The average Bonchev–Trinajstić information content (AvgIpc) is 3.36. The quantitative estimate of drug-likeness (QED) is 0.433. The van der Waals surface area contributed by atoms with Crippen molar-refractivity contribution in [2.75, 3.05) is 10.6 Å². The molecule has 0 aliphatic heterocycles. The summed E-state index contributed by atoms with van der Waals surface area (Å²) < 4.78 is 5.26. The Balaban J connectivity index is 1.78. The van der Waals surface area contributed by atoms with Gasteiger partial charge in [-0.25, -0.2) is 9.97 Å². The Hall–Kier alpha value is -3.52. The van der Waals surface area contributed by atoms with Crippen LogP contribution in [0.3, 0.4) is 0 Å². The molecule has 0 unspecified atom stereocenters. The van der Waals surface area contributed by atoms with Crippen molar-refractivity contribution >= 4 is 28.2 Å². The maximum absolute atomic E-state index is 12.7. The highest BCUT2D eigenvalue weighted by Gasteiger charge is 2.26. The number of anilines is 2. The van der Waals surface area contributed by atoms with Gasteiger partial charge in [-0.15, -0.1) is 11.3 Å². The van der Waals surface area contributed by atoms with Crippen LogP contribution >= 0.6 is 11.3 Å². The molecule has 4 heterocycles. The maximum atomic E-state index is 12.7. The number of nitrogens with zero attached hydrogens (tertiary/aromatic N) is 3. The number of hydrogen-bond acceptors (Lipinski definition) is 7. The molecule has 0 aromatic carbocycles. The summed E-state index contributed by atoms with van der Waals surface area (Å²) in [4.78, 5) is 27.5. The molecule has 0 spiro atoms. The van der Waals surface area contributed by atoms with Crippen LogP contribution in [0.5, 0.6) is 0 Å². The van der Waals surface area contributed by atoms with Crippen LogP contribution in [0.4, 0.5) is 10.9 Å². The SMILES string of the molecule is Cc1cc(C)nc(N[C@H](c2ccccn2)c2c(NC(=O)c3ccco3)sc(C)c2C)n1. The first-order valence-corrected chi connectivity index (χ1v) is 10.7. The van der Waals surface area contributed by atoms with E-state index in [9.17, 15) is 4.79 Å². The molecule has 2 N–H and O–H groups in total.